The largest absolute Gasteiger partial charge is 0.360 e. The maximum absolute atomic E-state index is 12.5. The Bertz CT molecular complexity index is 860. The molecule has 2 aromatic carbocycles. The van der Waals surface area contributed by atoms with E-state index in [-0.39, 0.29) is 5.57 Å². The molecule has 0 aromatic heterocycles. The van der Waals surface area contributed by atoms with Gasteiger partial charge < -0.3 is 10.6 Å². The molecule has 0 aliphatic rings. The lowest BCUT2D eigenvalue weighted by atomic mass is 10.1. The summed E-state index contributed by atoms with van der Waals surface area (Å²) in [5, 5.41) is 15.3. The molecule has 0 aliphatic heterocycles. The van der Waals surface area contributed by atoms with Gasteiger partial charge in [0, 0.05) is 17.6 Å². The van der Waals surface area contributed by atoms with Crippen molar-refractivity contribution in [2.24, 2.45) is 0 Å². The van der Waals surface area contributed by atoms with Crippen LogP contribution in [0.5, 0.6) is 0 Å². The minimum atomic E-state index is -0.413. The highest BCUT2D eigenvalue weighted by atomic mass is 16.1. The van der Waals surface area contributed by atoms with Crippen molar-refractivity contribution in [1.29, 1.82) is 5.26 Å². The van der Waals surface area contributed by atoms with Gasteiger partial charge in [0.15, 0.2) is 0 Å². The summed E-state index contributed by atoms with van der Waals surface area (Å²) in [6, 6.07) is 13.8. The molecule has 128 valence electrons. The summed E-state index contributed by atoms with van der Waals surface area (Å²) in [6.07, 6.45) is 2.26. The molecule has 2 aromatic rings. The van der Waals surface area contributed by atoms with Crippen molar-refractivity contribution in [3.05, 3.63) is 70.4 Å². The van der Waals surface area contributed by atoms with E-state index in [1.165, 1.54) is 6.20 Å². The number of nitriles is 1. The van der Waals surface area contributed by atoms with Crippen LogP contribution in [0.1, 0.15) is 29.2 Å². The Morgan fingerprint density at radius 3 is 2.56 bits per heavy atom. The summed E-state index contributed by atoms with van der Waals surface area (Å²) in [6.45, 7) is 7.98. The van der Waals surface area contributed by atoms with Gasteiger partial charge in [-0.15, -0.1) is 0 Å². The molecule has 0 atom stereocenters. The van der Waals surface area contributed by atoms with Gasteiger partial charge in [-0.05, 0) is 49.9 Å². The van der Waals surface area contributed by atoms with Gasteiger partial charge >= 0.3 is 0 Å². The summed E-state index contributed by atoms with van der Waals surface area (Å²) in [4.78, 5) is 12.5. The van der Waals surface area contributed by atoms with Crippen molar-refractivity contribution in [2.45, 2.75) is 34.1 Å². The van der Waals surface area contributed by atoms with Crippen molar-refractivity contribution in [3.8, 4) is 6.07 Å². The Morgan fingerprint density at radius 2 is 1.92 bits per heavy atom. The second-order valence-electron chi connectivity index (χ2n) is 6.05. The predicted octanol–water partition coefficient (Wildman–Crippen LogP) is 4.63. The van der Waals surface area contributed by atoms with Crippen molar-refractivity contribution in [2.75, 3.05) is 10.6 Å². The van der Waals surface area contributed by atoms with Crippen LogP contribution in [0.25, 0.3) is 0 Å². The zero-order valence-corrected chi connectivity index (χ0v) is 15.1. The molecule has 4 nitrogen and oxygen atoms in total. The number of para-hydroxylation sites is 1. The SMILES string of the molecule is CCc1cccc(C)c1NC(=O)/C(C#N)=C\Nc1ccc(C)cc1C. The van der Waals surface area contributed by atoms with E-state index < -0.39 is 5.91 Å². The van der Waals surface area contributed by atoms with Gasteiger partial charge in [0.1, 0.15) is 11.6 Å². The highest BCUT2D eigenvalue weighted by molar-refractivity contribution is 6.07. The van der Waals surface area contributed by atoms with E-state index in [1.807, 2.05) is 70.2 Å². The number of rotatable bonds is 5. The molecule has 25 heavy (non-hydrogen) atoms. The summed E-state index contributed by atoms with van der Waals surface area (Å²) in [5.74, 6) is -0.413. The zero-order valence-electron chi connectivity index (χ0n) is 15.1. The van der Waals surface area contributed by atoms with Gasteiger partial charge in [-0.1, -0.05) is 42.8 Å². The lowest BCUT2D eigenvalue weighted by Gasteiger charge is -2.13. The van der Waals surface area contributed by atoms with Crippen LogP contribution >= 0.6 is 0 Å². The lowest BCUT2D eigenvalue weighted by molar-refractivity contribution is -0.112. The summed E-state index contributed by atoms with van der Waals surface area (Å²) >= 11 is 0. The summed E-state index contributed by atoms with van der Waals surface area (Å²) in [5.41, 5.74) is 5.93. The minimum absolute atomic E-state index is 0.0327. The normalized spacial score (nSPS) is 10.9. The summed E-state index contributed by atoms with van der Waals surface area (Å²) < 4.78 is 0. The van der Waals surface area contributed by atoms with Gasteiger partial charge in [0.25, 0.3) is 5.91 Å². The highest BCUT2D eigenvalue weighted by Crippen LogP contribution is 2.22. The standard InChI is InChI=1S/C21H23N3O/c1-5-17-8-6-7-15(3)20(17)24-21(25)18(12-22)13-23-19-10-9-14(2)11-16(19)4/h6-11,13,23H,5H2,1-4H3,(H,24,25)/b18-13-. The fourth-order valence-corrected chi connectivity index (χ4v) is 2.66. The molecule has 0 fully saturated rings. The Labute approximate surface area is 149 Å². The van der Waals surface area contributed by atoms with Crippen molar-refractivity contribution in [3.63, 3.8) is 0 Å². The first-order valence-electron chi connectivity index (χ1n) is 8.30. The number of anilines is 2. The lowest BCUT2D eigenvalue weighted by Crippen LogP contribution is -2.16. The van der Waals surface area contributed by atoms with E-state index in [0.717, 1.165) is 40.0 Å². The summed E-state index contributed by atoms with van der Waals surface area (Å²) in [7, 11) is 0. The molecule has 0 spiro atoms. The zero-order chi connectivity index (χ0) is 18.4. The molecule has 2 rings (SSSR count). The molecule has 4 heteroatoms. The first kappa shape index (κ1) is 18.3. The maximum Gasteiger partial charge on any atom is 0.267 e. The molecule has 0 heterocycles. The smallest absolute Gasteiger partial charge is 0.267 e. The van der Waals surface area contributed by atoms with Crippen LogP contribution in [0.2, 0.25) is 0 Å². The number of hydrogen-bond donors (Lipinski definition) is 2. The minimum Gasteiger partial charge on any atom is -0.360 e. The first-order chi connectivity index (χ1) is 12.0. The van der Waals surface area contributed by atoms with Crippen molar-refractivity contribution >= 4 is 17.3 Å². The topological polar surface area (TPSA) is 64.9 Å². The monoisotopic (exact) mass is 333 g/mol. The maximum atomic E-state index is 12.5. The number of aryl methyl sites for hydroxylation is 4. The average molecular weight is 333 g/mol. The Hall–Kier alpha value is -3.06. The van der Waals surface area contributed by atoms with Crippen LogP contribution in [0.4, 0.5) is 11.4 Å². The quantitative estimate of drug-likeness (QED) is 0.619. The van der Waals surface area contributed by atoms with Crippen LogP contribution in [0.3, 0.4) is 0 Å². The molecule has 0 aliphatic carbocycles. The number of nitrogens with one attached hydrogen (secondary N) is 2. The second-order valence-corrected chi connectivity index (χ2v) is 6.05. The molecule has 2 N–H and O–H groups in total. The Kier molecular flexibility index (Phi) is 5.97. The third kappa shape index (κ3) is 4.48. The molecular weight excluding hydrogens is 310 g/mol. The van der Waals surface area contributed by atoms with E-state index in [9.17, 15) is 10.1 Å². The number of benzene rings is 2. The van der Waals surface area contributed by atoms with E-state index in [4.69, 9.17) is 0 Å². The van der Waals surface area contributed by atoms with E-state index in [1.54, 1.807) is 0 Å². The van der Waals surface area contributed by atoms with Gasteiger partial charge in [-0.3, -0.25) is 4.79 Å². The molecular formula is C21H23N3O. The van der Waals surface area contributed by atoms with Crippen LogP contribution in [-0.4, -0.2) is 5.91 Å². The fraction of sp³-hybridized carbons (Fsp3) is 0.238. The number of carbonyl (C=O) groups is 1. The number of amides is 1. The molecule has 0 unspecified atom stereocenters. The molecule has 0 bridgehead atoms. The van der Waals surface area contributed by atoms with Gasteiger partial charge in [-0.25, -0.2) is 0 Å². The third-order valence-electron chi connectivity index (χ3n) is 4.10. The third-order valence-corrected chi connectivity index (χ3v) is 4.10. The van der Waals surface area contributed by atoms with Crippen LogP contribution in [0, 0.1) is 32.1 Å². The fourth-order valence-electron chi connectivity index (χ4n) is 2.66. The van der Waals surface area contributed by atoms with E-state index in [2.05, 4.69) is 10.6 Å². The number of hydrogen-bond acceptors (Lipinski definition) is 3. The predicted molar refractivity (Wildman–Crippen MR) is 102 cm³/mol. The van der Waals surface area contributed by atoms with Crippen LogP contribution in [0.15, 0.2) is 48.2 Å². The molecule has 0 radical (unpaired) electrons. The molecule has 1 amide bonds. The first-order valence-corrected chi connectivity index (χ1v) is 8.30. The highest BCUT2D eigenvalue weighted by Gasteiger charge is 2.13. The Balaban J connectivity index is 2.20. The molecule has 0 saturated heterocycles. The van der Waals surface area contributed by atoms with E-state index in [0.29, 0.717) is 0 Å². The Morgan fingerprint density at radius 1 is 1.16 bits per heavy atom. The second kappa shape index (κ2) is 8.16. The molecule has 0 saturated carbocycles. The van der Waals surface area contributed by atoms with Crippen LogP contribution in [-0.2, 0) is 11.2 Å². The van der Waals surface area contributed by atoms with Gasteiger partial charge in [0.05, 0.1) is 0 Å². The van der Waals surface area contributed by atoms with Crippen LogP contribution < -0.4 is 10.6 Å². The number of carbonyl (C=O) groups excluding carboxylic acids is 1. The van der Waals surface area contributed by atoms with E-state index >= 15 is 0 Å². The average Bonchev–Trinajstić information content (AvgIpc) is 2.58. The van der Waals surface area contributed by atoms with Gasteiger partial charge in [-0.2, -0.15) is 5.26 Å². The van der Waals surface area contributed by atoms with Gasteiger partial charge in [0.2, 0.25) is 0 Å². The van der Waals surface area contributed by atoms with Crippen molar-refractivity contribution < 1.29 is 4.79 Å². The van der Waals surface area contributed by atoms with Crippen molar-refractivity contribution in [1.82, 2.24) is 0 Å². The number of nitrogens with zero attached hydrogens (tertiary/aromatic N) is 1.